The first kappa shape index (κ1) is 17.7. The Bertz CT molecular complexity index is 709. The average molecular weight is 326 g/mol. The summed E-state index contributed by atoms with van der Waals surface area (Å²) < 4.78 is 0. The Morgan fingerprint density at radius 2 is 1.58 bits per heavy atom. The lowest BCUT2D eigenvalue weighted by molar-refractivity contribution is 0.0808. The van der Waals surface area contributed by atoms with Gasteiger partial charge < -0.3 is 16.2 Å². The number of rotatable bonds is 6. The van der Waals surface area contributed by atoms with Crippen LogP contribution in [-0.2, 0) is 0 Å². The molecule has 0 aliphatic heterocycles. The minimum atomic E-state index is -0.538. The van der Waals surface area contributed by atoms with E-state index in [1.165, 1.54) is 12.1 Å². The zero-order valence-corrected chi connectivity index (χ0v) is 13.8. The van der Waals surface area contributed by atoms with E-state index in [4.69, 9.17) is 5.73 Å². The maximum atomic E-state index is 12.6. The molecule has 2 amide bonds. The number of aliphatic hydroxyl groups is 1. The summed E-state index contributed by atoms with van der Waals surface area (Å²) >= 11 is 0. The molecule has 0 saturated carbocycles. The maximum Gasteiger partial charge on any atom is 0.251 e. The van der Waals surface area contributed by atoms with Crippen molar-refractivity contribution in [2.45, 2.75) is 19.9 Å². The highest BCUT2D eigenvalue weighted by Crippen LogP contribution is 2.33. The van der Waals surface area contributed by atoms with E-state index in [0.717, 1.165) is 5.56 Å². The topological polar surface area (TPSA) is 92.4 Å². The number of carbonyl (C=O) groups is 2. The number of carbonyl (C=O) groups excluding carboxylic acids is 2. The fourth-order valence-corrected chi connectivity index (χ4v) is 2.47. The molecular weight excluding hydrogens is 304 g/mol. The van der Waals surface area contributed by atoms with Gasteiger partial charge in [0.1, 0.15) is 0 Å². The number of nitrogens with two attached hydrogens (primary N) is 1. The molecule has 2 aromatic carbocycles. The predicted molar refractivity (Wildman–Crippen MR) is 92.5 cm³/mol. The van der Waals surface area contributed by atoms with Crippen LogP contribution in [0.3, 0.4) is 0 Å². The van der Waals surface area contributed by atoms with Crippen molar-refractivity contribution in [2.24, 2.45) is 11.1 Å². The van der Waals surface area contributed by atoms with Gasteiger partial charge in [-0.2, -0.15) is 0 Å². The molecule has 1 unspecified atom stereocenters. The summed E-state index contributed by atoms with van der Waals surface area (Å²) in [6.07, 6.45) is 0. The monoisotopic (exact) mass is 326 g/mol. The molecule has 126 valence electrons. The standard InChI is InChI=1S/C19H22N2O3/c1-19(2,12-22)16(13-6-4-3-5-7-13)21-18(24)15-10-8-14(9-11-15)17(20)23/h3-11,16,22H,12H2,1-2H3,(H2,20,23)(H,21,24). The lowest BCUT2D eigenvalue weighted by atomic mass is 9.81. The molecule has 0 saturated heterocycles. The van der Waals surface area contributed by atoms with Crippen LogP contribution in [0.4, 0.5) is 0 Å². The summed E-state index contributed by atoms with van der Waals surface area (Å²) in [5.74, 6) is -0.813. The van der Waals surface area contributed by atoms with Crippen LogP contribution in [0.5, 0.6) is 0 Å². The van der Waals surface area contributed by atoms with Crippen molar-refractivity contribution in [3.05, 3.63) is 71.3 Å². The van der Waals surface area contributed by atoms with E-state index in [-0.39, 0.29) is 18.6 Å². The third kappa shape index (κ3) is 4.00. The zero-order valence-electron chi connectivity index (χ0n) is 13.8. The van der Waals surface area contributed by atoms with Gasteiger partial charge in [-0.05, 0) is 29.8 Å². The van der Waals surface area contributed by atoms with Gasteiger partial charge in [0.25, 0.3) is 5.91 Å². The number of primary amides is 1. The van der Waals surface area contributed by atoms with Gasteiger partial charge in [-0.1, -0.05) is 44.2 Å². The van der Waals surface area contributed by atoms with E-state index >= 15 is 0 Å². The van der Waals surface area contributed by atoms with Gasteiger partial charge in [0.2, 0.25) is 5.91 Å². The van der Waals surface area contributed by atoms with Gasteiger partial charge in [0, 0.05) is 16.5 Å². The van der Waals surface area contributed by atoms with Crippen LogP contribution in [0.15, 0.2) is 54.6 Å². The number of hydrogen-bond donors (Lipinski definition) is 3. The van der Waals surface area contributed by atoms with E-state index in [2.05, 4.69) is 5.32 Å². The van der Waals surface area contributed by atoms with Crippen LogP contribution in [0, 0.1) is 5.41 Å². The van der Waals surface area contributed by atoms with Gasteiger partial charge in [0.05, 0.1) is 12.6 Å². The highest BCUT2D eigenvalue weighted by atomic mass is 16.3. The first-order valence-corrected chi connectivity index (χ1v) is 7.71. The number of nitrogens with one attached hydrogen (secondary N) is 1. The predicted octanol–water partition coefficient (Wildman–Crippen LogP) is 2.28. The van der Waals surface area contributed by atoms with Crippen molar-refractivity contribution in [1.29, 1.82) is 0 Å². The summed E-state index contributed by atoms with van der Waals surface area (Å²) in [6.45, 7) is 3.70. The van der Waals surface area contributed by atoms with Crippen molar-refractivity contribution in [1.82, 2.24) is 5.32 Å². The van der Waals surface area contributed by atoms with Crippen LogP contribution in [0.2, 0.25) is 0 Å². The van der Waals surface area contributed by atoms with Gasteiger partial charge in [-0.3, -0.25) is 9.59 Å². The second-order valence-corrected chi connectivity index (χ2v) is 6.41. The molecule has 1 atom stereocenters. The van der Waals surface area contributed by atoms with Crippen LogP contribution in [-0.4, -0.2) is 23.5 Å². The molecule has 0 spiro atoms. The molecular formula is C19H22N2O3. The SMILES string of the molecule is CC(C)(CO)C(NC(=O)c1ccc(C(N)=O)cc1)c1ccccc1. The minimum Gasteiger partial charge on any atom is -0.396 e. The molecule has 2 aromatic rings. The largest absolute Gasteiger partial charge is 0.396 e. The highest BCUT2D eigenvalue weighted by Gasteiger charge is 2.31. The smallest absolute Gasteiger partial charge is 0.251 e. The summed E-state index contributed by atoms with van der Waals surface area (Å²) in [6, 6.07) is 15.3. The molecule has 0 aliphatic carbocycles. The zero-order chi connectivity index (χ0) is 17.7. The van der Waals surface area contributed by atoms with Gasteiger partial charge >= 0.3 is 0 Å². The lowest BCUT2D eigenvalue weighted by Crippen LogP contribution is -2.40. The molecule has 0 aromatic heterocycles. The fraction of sp³-hybridized carbons (Fsp3) is 0.263. The van der Waals surface area contributed by atoms with Crippen molar-refractivity contribution in [3.8, 4) is 0 Å². The number of hydrogen-bond acceptors (Lipinski definition) is 3. The van der Waals surface area contributed by atoms with E-state index < -0.39 is 11.3 Å². The van der Waals surface area contributed by atoms with E-state index in [0.29, 0.717) is 11.1 Å². The highest BCUT2D eigenvalue weighted by molar-refractivity contribution is 5.97. The van der Waals surface area contributed by atoms with Crippen molar-refractivity contribution in [2.75, 3.05) is 6.61 Å². The molecule has 0 aliphatic rings. The lowest BCUT2D eigenvalue weighted by Gasteiger charge is -2.33. The Labute approximate surface area is 141 Å². The Balaban J connectivity index is 2.26. The number of benzene rings is 2. The van der Waals surface area contributed by atoms with Gasteiger partial charge in [-0.25, -0.2) is 0 Å². The first-order chi connectivity index (χ1) is 11.3. The van der Waals surface area contributed by atoms with Crippen LogP contribution >= 0.6 is 0 Å². The summed E-state index contributed by atoms with van der Waals surface area (Å²) in [4.78, 5) is 23.7. The van der Waals surface area contributed by atoms with Crippen LogP contribution < -0.4 is 11.1 Å². The second kappa shape index (κ2) is 7.27. The Morgan fingerprint density at radius 3 is 2.08 bits per heavy atom. The van der Waals surface area contributed by atoms with Crippen molar-refractivity contribution < 1.29 is 14.7 Å². The molecule has 4 N–H and O–H groups in total. The Morgan fingerprint density at radius 1 is 1.04 bits per heavy atom. The average Bonchev–Trinajstić information content (AvgIpc) is 2.60. The molecule has 5 nitrogen and oxygen atoms in total. The Hall–Kier alpha value is -2.66. The van der Waals surface area contributed by atoms with E-state index in [1.807, 2.05) is 44.2 Å². The second-order valence-electron chi connectivity index (χ2n) is 6.41. The molecule has 24 heavy (non-hydrogen) atoms. The molecule has 0 heterocycles. The summed E-state index contributed by atoms with van der Waals surface area (Å²) in [5.41, 5.74) is 6.36. The Kier molecular flexibility index (Phi) is 5.36. The molecule has 2 rings (SSSR count). The van der Waals surface area contributed by atoms with E-state index in [1.54, 1.807) is 12.1 Å². The van der Waals surface area contributed by atoms with E-state index in [9.17, 15) is 14.7 Å². The third-order valence-corrected chi connectivity index (χ3v) is 4.03. The normalized spacial score (nSPS) is 12.5. The minimum absolute atomic E-state index is 0.0759. The number of aliphatic hydroxyl groups excluding tert-OH is 1. The molecule has 0 radical (unpaired) electrons. The fourth-order valence-electron chi connectivity index (χ4n) is 2.47. The third-order valence-electron chi connectivity index (χ3n) is 4.03. The summed E-state index contributed by atoms with van der Waals surface area (Å²) in [7, 11) is 0. The summed E-state index contributed by atoms with van der Waals surface area (Å²) in [5, 5.41) is 12.7. The quantitative estimate of drug-likeness (QED) is 0.760. The molecule has 0 bridgehead atoms. The molecule has 0 fully saturated rings. The first-order valence-electron chi connectivity index (χ1n) is 7.71. The van der Waals surface area contributed by atoms with Crippen LogP contribution in [0.1, 0.15) is 46.2 Å². The van der Waals surface area contributed by atoms with Crippen molar-refractivity contribution >= 4 is 11.8 Å². The number of amides is 2. The van der Waals surface area contributed by atoms with Gasteiger partial charge in [-0.15, -0.1) is 0 Å². The molecule has 5 heteroatoms. The van der Waals surface area contributed by atoms with Gasteiger partial charge in [0.15, 0.2) is 0 Å². The van der Waals surface area contributed by atoms with Crippen molar-refractivity contribution in [3.63, 3.8) is 0 Å². The van der Waals surface area contributed by atoms with Crippen LogP contribution in [0.25, 0.3) is 0 Å². The maximum absolute atomic E-state index is 12.6.